The van der Waals surface area contributed by atoms with Crippen molar-refractivity contribution in [1.29, 1.82) is 5.41 Å². The smallest absolute Gasteiger partial charge is 0.254 e. The molecule has 1 aromatic carbocycles. The highest BCUT2D eigenvalue weighted by Crippen LogP contribution is 2.27. The summed E-state index contributed by atoms with van der Waals surface area (Å²) in [6.45, 7) is 3.97. The summed E-state index contributed by atoms with van der Waals surface area (Å²) in [6.07, 6.45) is 8.48. The third-order valence-electron chi connectivity index (χ3n) is 5.75. The number of nitrogens with zero attached hydrogens (tertiary/aromatic N) is 3. The second-order valence-electron chi connectivity index (χ2n) is 7.99. The first-order valence-corrected chi connectivity index (χ1v) is 10.8. The maximum absolute atomic E-state index is 12.0. The Labute approximate surface area is 188 Å². The average molecular weight is 439 g/mol. The molecule has 0 aliphatic heterocycles. The minimum absolute atomic E-state index is 0.218. The Morgan fingerprint density at radius 2 is 2.00 bits per heavy atom. The zero-order valence-electron chi connectivity index (χ0n) is 18.8. The van der Waals surface area contributed by atoms with Gasteiger partial charge in [0.25, 0.3) is 5.91 Å². The molecule has 170 valence electrons. The summed E-state index contributed by atoms with van der Waals surface area (Å²) in [5, 5.41) is 21.2. The number of quaternary nitrogens is 1. The quantitative estimate of drug-likeness (QED) is 0.151. The van der Waals surface area contributed by atoms with Gasteiger partial charge in [-0.25, -0.2) is 4.98 Å². The molecule has 10 nitrogen and oxygen atoms in total. The average Bonchev–Trinajstić information content (AvgIpc) is 2.77. The number of carbonyl (C=O) groups excluding carboxylic acids is 1. The second kappa shape index (κ2) is 10.8. The summed E-state index contributed by atoms with van der Waals surface area (Å²) < 4.78 is 0. The van der Waals surface area contributed by atoms with E-state index < -0.39 is 5.91 Å². The van der Waals surface area contributed by atoms with Crippen molar-refractivity contribution in [3.8, 4) is 0 Å². The standard InChI is InChI=1S/C22H31N9O/c1-13-10-14(2)19(31-27-9-8-23)11-18(13)28-21-15(20(24)32)12-26-22(30-21)29-17-7-5-4-6-16(17)25-3/h8-12,16-17,23,25,31H,4-7H2,1-3H3,(H2,24,32)(H2,26,28,29,30)/p+1/b23-8?,27-9-/t16-,17+/m0/s1. The van der Waals surface area contributed by atoms with E-state index in [1.165, 1.54) is 18.8 Å². The Hall–Kier alpha value is -3.37. The number of rotatable bonds is 9. The van der Waals surface area contributed by atoms with E-state index in [0.717, 1.165) is 48.0 Å². The third-order valence-corrected chi connectivity index (χ3v) is 5.75. The highest BCUT2D eigenvalue weighted by atomic mass is 16.1. The molecule has 8 N–H and O–H groups in total. The summed E-state index contributed by atoms with van der Waals surface area (Å²) in [4.78, 5) is 20.9. The zero-order chi connectivity index (χ0) is 23.1. The van der Waals surface area contributed by atoms with Crippen LogP contribution in [0.5, 0.6) is 0 Å². The molecule has 3 rings (SSSR count). The number of hydrogen-bond acceptors (Lipinski definition) is 8. The fourth-order valence-corrected chi connectivity index (χ4v) is 3.98. The van der Waals surface area contributed by atoms with E-state index in [-0.39, 0.29) is 11.6 Å². The van der Waals surface area contributed by atoms with Crippen LogP contribution < -0.4 is 27.1 Å². The lowest BCUT2D eigenvalue weighted by Gasteiger charge is -2.32. The number of hydrogen-bond donors (Lipinski definition) is 6. The molecule has 0 spiro atoms. The molecule has 1 fully saturated rings. The van der Waals surface area contributed by atoms with E-state index in [0.29, 0.717) is 17.8 Å². The van der Waals surface area contributed by atoms with Gasteiger partial charge in [-0.05, 0) is 45.4 Å². The molecule has 10 heteroatoms. The van der Waals surface area contributed by atoms with Crippen molar-refractivity contribution in [1.82, 2.24) is 15.3 Å². The van der Waals surface area contributed by atoms with Crippen molar-refractivity contribution < 1.29 is 10.2 Å². The molecule has 1 heterocycles. The van der Waals surface area contributed by atoms with Gasteiger partial charge in [0.2, 0.25) is 5.95 Å². The fourth-order valence-electron chi connectivity index (χ4n) is 3.98. The Morgan fingerprint density at radius 3 is 2.69 bits per heavy atom. The van der Waals surface area contributed by atoms with Gasteiger partial charge in [0.15, 0.2) is 5.69 Å². The molecular formula is C22H32N9O+. The molecule has 0 saturated heterocycles. The largest absolute Gasteiger partial charge is 0.365 e. The second-order valence-corrected chi connectivity index (χ2v) is 7.99. The minimum Gasteiger partial charge on any atom is -0.365 e. The minimum atomic E-state index is -0.600. The molecule has 32 heavy (non-hydrogen) atoms. The number of benzene rings is 1. The molecule has 0 unspecified atom stereocenters. The number of nitrogens with two attached hydrogens (primary N) is 2. The van der Waals surface area contributed by atoms with Crippen LogP contribution in [0, 0.1) is 19.3 Å². The van der Waals surface area contributed by atoms with E-state index in [1.807, 2.05) is 33.0 Å². The van der Waals surface area contributed by atoms with E-state index in [2.05, 4.69) is 31.0 Å². The van der Waals surface area contributed by atoms with Crippen LogP contribution in [-0.2, 0) is 0 Å². The normalized spacial score (nSPS) is 18.5. The van der Waals surface area contributed by atoms with Gasteiger partial charge in [-0.15, -0.1) is 0 Å². The summed E-state index contributed by atoms with van der Waals surface area (Å²) in [6, 6.07) is 4.52. The molecule has 2 aromatic rings. The van der Waals surface area contributed by atoms with Gasteiger partial charge in [0, 0.05) is 41.8 Å². The molecule has 1 amide bonds. The van der Waals surface area contributed by atoms with Crippen molar-refractivity contribution in [2.45, 2.75) is 51.6 Å². The predicted octanol–water partition coefficient (Wildman–Crippen LogP) is 1.71. The first-order valence-electron chi connectivity index (χ1n) is 10.8. The van der Waals surface area contributed by atoms with Crippen LogP contribution in [0.4, 0.5) is 23.1 Å². The summed E-state index contributed by atoms with van der Waals surface area (Å²) in [7, 11) is 1.97. The van der Waals surface area contributed by atoms with Crippen LogP contribution in [0.1, 0.15) is 47.2 Å². The van der Waals surface area contributed by atoms with Crippen LogP contribution >= 0.6 is 0 Å². The summed E-state index contributed by atoms with van der Waals surface area (Å²) in [5.41, 5.74) is 11.2. The Morgan fingerprint density at radius 1 is 1.25 bits per heavy atom. The van der Waals surface area contributed by atoms with Crippen molar-refractivity contribution in [3.63, 3.8) is 0 Å². The van der Waals surface area contributed by atoms with E-state index in [9.17, 15) is 4.79 Å². The number of likely N-dealkylation sites (N-methyl/N-ethyl adjacent to an activating group) is 1. The number of aromatic nitrogens is 2. The van der Waals surface area contributed by atoms with Gasteiger partial charge >= 0.3 is 0 Å². The number of nitrogens with one attached hydrogen (secondary N) is 4. The van der Waals surface area contributed by atoms with Crippen LogP contribution in [0.15, 0.2) is 23.4 Å². The molecule has 1 aliphatic rings. The fraction of sp³-hybridized carbons (Fsp3) is 0.409. The number of primary amides is 1. The lowest BCUT2D eigenvalue weighted by molar-refractivity contribution is -0.577. The van der Waals surface area contributed by atoms with Gasteiger partial charge in [-0.2, -0.15) is 10.4 Å². The van der Waals surface area contributed by atoms with Crippen molar-refractivity contribution in [2.75, 3.05) is 17.7 Å². The monoisotopic (exact) mass is 438 g/mol. The molecule has 1 aliphatic carbocycles. The van der Waals surface area contributed by atoms with Crippen molar-refractivity contribution >= 4 is 41.5 Å². The lowest BCUT2D eigenvalue weighted by atomic mass is 9.90. The van der Waals surface area contributed by atoms with E-state index in [4.69, 9.17) is 11.1 Å². The maximum Gasteiger partial charge on any atom is 0.254 e. The Kier molecular flexibility index (Phi) is 7.85. The number of anilines is 3. The highest BCUT2D eigenvalue weighted by Gasteiger charge is 2.25. The topological polar surface area (TPSA) is 158 Å². The van der Waals surface area contributed by atoms with E-state index in [1.54, 1.807) is 5.43 Å². The highest BCUT2D eigenvalue weighted by molar-refractivity contribution is 6.14. The lowest BCUT2D eigenvalue weighted by Crippen LogP contribution is -2.71. The summed E-state index contributed by atoms with van der Waals surface area (Å²) in [5.74, 6) is 0.210. The number of carbonyl (C=O) groups is 1. The first kappa shape index (κ1) is 23.3. The van der Waals surface area contributed by atoms with Crippen LogP contribution in [0.2, 0.25) is 0 Å². The molecule has 0 radical (unpaired) electrons. The van der Waals surface area contributed by atoms with Crippen LogP contribution in [-0.4, -0.2) is 47.4 Å². The number of amides is 1. The molecule has 2 atom stereocenters. The maximum atomic E-state index is 12.0. The molecule has 1 saturated carbocycles. The van der Waals surface area contributed by atoms with E-state index >= 15 is 0 Å². The Balaban J connectivity index is 1.90. The first-order chi connectivity index (χ1) is 15.4. The number of aryl methyl sites for hydroxylation is 2. The SMILES string of the molecule is CN[C@H]1CCCC[C@H]1Nc1ncc(C(N)=O)c(Nc2cc([NH2+]/N=C\C=N)c(C)cc2C)n1. The summed E-state index contributed by atoms with van der Waals surface area (Å²) >= 11 is 0. The molecule has 0 bridgehead atoms. The van der Waals surface area contributed by atoms with Crippen molar-refractivity contribution in [2.24, 2.45) is 10.8 Å². The zero-order valence-corrected chi connectivity index (χ0v) is 18.8. The predicted molar refractivity (Wildman–Crippen MR) is 127 cm³/mol. The van der Waals surface area contributed by atoms with Gasteiger partial charge < -0.3 is 27.1 Å². The Bertz CT molecular complexity index is 1010. The molecular weight excluding hydrogens is 406 g/mol. The van der Waals surface area contributed by atoms with Crippen LogP contribution in [0.3, 0.4) is 0 Å². The molecule has 1 aromatic heterocycles. The van der Waals surface area contributed by atoms with Gasteiger partial charge in [-0.1, -0.05) is 17.9 Å². The van der Waals surface area contributed by atoms with Gasteiger partial charge in [-0.3, -0.25) is 4.79 Å². The van der Waals surface area contributed by atoms with Crippen molar-refractivity contribution in [3.05, 3.63) is 35.0 Å². The van der Waals surface area contributed by atoms with Crippen LogP contribution in [0.25, 0.3) is 0 Å². The van der Waals surface area contributed by atoms with Gasteiger partial charge in [0.05, 0.1) is 0 Å². The third kappa shape index (κ3) is 5.65. The van der Waals surface area contributed by atoms with Gasteiger partial charge in [0.1, 0.15) is 17.6 Å².